The molecule has 0 heterocycles. The molecule has 2 aromatic rings. The van der Waals surface area contributed by atoms with E-state index in [1.807, 2.05) is 19.1 Å². The molecular formula is C14H14ClN3O. The van der Waals surface area contributed by atoms with Gasteiger partial charge in [-0.25, -0.2) is 0 Å². The highest BCUT2D eigenvalue weighted by molar-refractivity contribution is 6.33. The number of primary amides is 1. The summed E-state index contributed by atoms with van der Waals surface area (Å²) < 4.78 is 0. The number of hydrogen-bond acceptors (Lipinski definition) is 3. The molecule has 0 aliphatic carbocycles. The van der Waals surface area contributed by atoms with E-state index in [2.05, 4.69) is 5.32 Å². The number of carbonyl (C=O) groups excluding carboxylic acids is 1. The molecular weight excluding hydrogens is 262 g/mol. The van der Waals surface area contributed by atoms with Crippen molar-refractivity contribution < 1.29 is 4.79 Å². The van der Waals surface area contributed by atoms with Crippen LogP contribution in [0.25, 0.3) is 0 Å². The molecule has 2 aromatic carbocycles. The summed E-state index contributed by atoms with van der Waals surface area (Å²) in [5.41, 5.74) is 14.4. The standard InChI is InChI=1S/C14H14ClN3O/c1-8-3-2-4-10(15)13(8)18-12-6-5-9(14(17)19)7-11(12)16/h2-7,18H,16H2,1H3,(H2,17,19). The molecule has 5 N–H and O–H groups in total. The van der Waals surface area contributed by atoms with E-state index < -0.39 is 5.91 Å². The van der Waals surface area contributed by atoms with Gasteiger partial charge < -0.3 is 16.8 Å². The average molecular weight is 276 g/mol. The van der Waals surface area contributed by atoms with Gasteiger partial charge >= 0.3 is 0 Å². The smallest absolute Gasteiger partial charge is 0.248 e. The lowest BCUT2D eigenvalue weighted by Gasteiger charge is -2.13. The summed E-state index contributed by atoms with van der Waals surface area (Å²) in [6.07, 6.45) is 0. The maximum atomic E-state index is 11.1. The lowest BCUT2D eigenvalue weighted by atomic mass is 10.1. The number of aryl methyl sites for hydroxylation is 1. The summed E-state index contributed by atoms with van der Waals surface area (Å²) in [6, 6.07) is 10.5. The molecule has 0 aromatic heterocycles. The first-order chi connectivity index (χ1) is 8.99. The third-order valence-electron chi connectivity index (χ3n) is 2.82. The Morgan fingerprint density at radius 3 is 2.58 bits per heavy atom. The minimum absolute atomic E-state index is 0.374. The summed E-state index contributed by atoms with van der Waals surface area (Å²) in [5, 5.41) is 3.78. The number of hydrogen-bond donors (Lipinski definition) is 3. The fourth-order valence-corrected chi connectivity index (χ4v) is 2.02. The van der Waals surface area contributed by atoms with Crippen LogP contribution >= 0.6 is 11.6 Å². The number of para-hydroxylation sites is 1. The van der Waals surface area contributed by atoms with E-state index in [9.17, 15) is 4.79 Å². The molecule has 0 bridgehead atoms. The van der Waals surface area contributed by atoms with Crippen LogP contribution < -0.4 is 16.8 Å². The van der Waals surface area contributed by atoms with Gasteiger partial charge in [0, 0.05) is 5.56 Å². The molecule has 0 saturated heterocycles. The van der Waals surface area contributed by atoms with E-state index in [0.29, 0.717) is 22.0 Å². The molecule has 0 saturated carbocycles. The largest absolute Gasteiger partial charge is 0.397 e. The van der Waals surface area contributed by atoms with Gasteiger partial charge in [0.1, 0.15) is 0 Å². The summed E-state index contributed by atoms with van der Waals surface area (Å²) in [4.78, 5) is 11.1. The van der Waals surface area contributed by atoms with Gasteiger partial charge in [0.25, 0.3) is 0 Å². The van der Waals surface area contributed by atoms with Crippen molar-refractivity contribution in [2.24, 2.45) is 5.73 Å². The molecule has 19 heavy (non-hydrogen) atoms. The molecule has 0 atom stereocenters. The molecule has 0 aliphatic heterocycles. The minimum atomic E-state index is -0.507. The van der Waals surface area contributed by atoms with Crippen LogP contribution in [-0.4, -0.2) is 5.91 Å². The fourth-order valence-electron chi connectivity index (χ4n) is 1.75. The summed E-state index contributed by atoms with van der Waals surface area (Å²) in [7, 11) is 0. The first kappa shape index (κ1) is 13.2. The van der Waals surface area contributed by atoms with Crippen LogP contribution in [0.15, 0.2) is 36.4 Å². The average Bonchev–Trinajstić information content (AvgIpc) is 2.35. The Hall–Kier alpha value is -2.20. The van der Waals surface area contributed by atoms with E-state index in [4.69, 9.17) is 23.1 Å². The van der Waals surface area contributed by atoms with Crippen molar-refractivity contribution in [3.63, 3.8) is 0 Å². The highest BCUT2D eigenvalue weighted by atomic mass is 35.5. The monoisotopic (exact) mass is 275 g/mol. The Morgan fingerprint density at radius 2 is 2.00 bits per heavy atom. The molecule has 0 unspecified atom stereocenters. The summed E-state index contributed by atoms with van der Waals surface area (Å²) in [5.74, 6) is -0.507. The zero-order valence-electron chi connectivity index (χ0n) is 10.4. The Balaban J connectivity index is 2.36. The van der Waals surface area contributed by atoms with E-state index in [1.54, 1.807) is 18.2 Å². The number of anilines is 3. The fraction of sp³-hybridized carbons (Fsp3) is 0.0714. The minimum Gasteiger partial charge on any atom is -0.397 e. The normalized spacial score (nSPS) is 10.2. The van der Waals surface area contributed by atoms with E-state index in [1.165, 1.54) is 6.07 Å². The van der Waals surface area contributed by atoms with E-state index in [0.717, 1.165) is 11.3 Å². The zero-order chi connectivity index (χ0) is 14.0. The van der Waals surface area contributed by atoms with Crippen LogP contribution in [0.3, 0.4) is 0 Å². The third kappa shape index (κ3) is 2.80. The number of nitrogens with one attached hydrogen (secondary N) is 1. The second-order valence-corrected chi connectivity index (χ2v) is 4.63. The predicted octanol–water partition coefficient (Wildman–Crippen LogP) is 3.07. The third-order valence-corrected chi connectivity index (χ3v) is 3.13. The van der Waals surface area contributed by atoms with Crippen LogP contribution in [-0.2, 0) is 0 Å². The van der Waals surface area contributed by atoms with Gasteiger partial charge in [-0.15, -0.1) is 0 Å². The van der Waals surface area contributed by atoms with Crippen LogP contribution in [0.5, 0.6) is 0 Å². The highest BCUT2D eigenvalue weighted by Gasteiger charge is 2.08. The maximum absolute atomic E-state index is 11.1. The number of nitrogen functional groups attached to an aromatic ring is 1. The second-order valence-electron chi connectivity index (χ2n) is 4.22. The van der Waals surface area contributed by atoms with Crippen LogP contribution in [0.4, 0.5) is 17.1 Å². The Bertz CT molecular complexity index is 620. The topological polar surface area (TPSA) is 81.1 Å². The molecule has 0 aliphatic rings. The van der Waals surface area contributed by atoms with Gasteiger partial charge in [-0.2, -0.15) is 0 Å². The van der Waals surface area contributed by atoms with Gasteiger partial charge in [0.15, 0.2) is 0 Å². The van der Waals surface area contributed by atoms with E-state index >= 15 is 0 Å². The van der Waals surface area contributed by atoms with Gasteiger partial charge in [0.05, 0.1) is 22.1 Å². The maximum Gasteiger partial charge on any atom is 0.248 e. The quantitative estimate of drug-likeness (QED) is 0.753. The van der Waals surface area contributed by atoms with Gasteiger partial charge in [-0.05, 0) is 36.8 Å². The Labute approximate surface area is 116 Å². The predicted molar refractivity (Wildman–Crippen MR) is 78.8 cm³/mol. The number of halogens is 1. The van der Waals surface area contributed by atoms with Crippen LogP contribution in [0, 0.1) is 6.92 Å². The second kappa shape index (κ2) is 5.20. The van der Waals surface area contributed by atoms with Crippen molar-refractivity contribution in [1.82, 2.24) is 0 Å². The van der Waals surface area contributed by atoms with E-state index in [-0.39, 0.29) is 0 Å². The highest BCUT2D eigenvalue weighted by Crippen LogP contribution is 2.31. The van der Waals surface area contributed by atoms with Crippen molar-refractivity contribution in [3.05, 3.63) is 52.5 Å². The number of nitrogens with two attached hydrogens (primary N) is 2. The zero-order valence-corrected chi connectivity index (χ0v) is 11.2. The molecule has 4 nitrogen and oxygen atoms in total. The van der Waals surface area contributed by atoms with Crippen molar-refractivity contribution >= 4 is 34.6 Å². The molecule has 98 valence electrons. The lowest BCUT2D eigenvalue weighted by molar-refractivity contribution is 0.100. The van der Waals surface area contributed by atoms with Crippen molar-refractivity contribution in [2.45, 2.75) is 6.92 Å². The van der Waals surface area contributed by atoms with Crippen molar-refractivity contribution in [3.8, 4) is 0 Å². The molecule has 0 fully saturated rings. The number of benzene rings is 2. The molecule has 0 spiro atoms. The van der Waals surface area contributed by atoms with Crippen molar-refractivity contribution in [1.29, 1.82) is 0 Å². The van der Waals surface area contributed by atoms with Crippen LogP contribution in [0.2, 0.25) is 5.02 Å². The van der Waals surface area contributed by atoms with Gasteiger partial charge in [-0.1, -0.05) is 23.7 Å². The molecule has 2 rings (SSSR count). The first-order valence-electron chi connectivity index (χ1n) is 5.70. The summed E-state index contributed by atoms with van der Waals surface area (Å²) in [6.45, 7) is 1.95. The van der Waals surface area contributed by atoms with Gasteiger partial charge in [-0.3, -0.25) is 4.79 Å². The Morgan fingerprint density at radius 1 is 1.26 bits per heavy atom. The number of amides is 1. The lowest BCUT2D eigenvalue weighted by Crippen LogP contribution is -2.11. The molecule has 1 amide bonds. The first-order valence-corrected chi connectivity index (χ1v) is 6.08. The summed E-state index contributed by atoms with van der Waals surface area (Å²) >= 11 is 6.14. The SMILES string of the molecule is Cc1cccc(Cl)c1Nc1ccc(C(N)=O)cc1N. The van der Waals surface area contributed by atoms with Crippen LogP contribution in [0.1, 0.15) is 15.9 Å². The number of carbonyl (C=O) groups is 1. The van der Waals surface area contributed by atoms with Crippen molar-refractivity contribution in [2.75, 3.05) is 11.1 Å². The molecule has 0 radical (unpaired) electrons. The number of rotatable bonds is 3. The Kier molecular flexibility index (Phi) is 3.62. The molecule has 5 heteroatoms. The van der Waals surface area contributed by atoms with Gasteiger partial charge in [0.2, 0.25) is 5.91 Å².